The van der Waals surface area contributed by atoms with Crippen LogP contribution in [0.1, 0.15) is 15.2 Å². The molecule has 4 rings (SSSR count). The highest BCUT2D eigenvalue weighted by atomic mass is 32.2. The van der Waals surface area contributed by atoms with Gasteiger partial charge in [0.2, 0.25) is 10.0 Å². The Hall–Kier alpha value is -2.40. The van der Waals surface area contributed by atoms with Crippen LogP contribution >= 0.6 is 11.3 Å². The first-order valence-corrected chi connectivity index (χ1v) is 11.4. The number of ether oxygens (including phenoxy) is 1. The third kappa shape index (κ3) is 3.83. The predicted molar refractivity (Wildman–Crippen MR) is 110 cm³/mol. The topological polar surface area (TPSA) is 75.7 Å². The standard InChI is InChI=1S/C20H18F2N2O4S2/c1-12-15-10-13(21)2-5-17(15)29-19(12)20(25)23-14-3-4-16(22)18(11-14)30(26,27)24-6-8-28-9-7-24/h2-5,10-11H,6-9H2,1H3,(H,23,25). The fourth-order valence-electron chi connectivity index (χ4n) is 3.30. The van der Waals surface area contributed by atoms with E-state index in [1.165, 1.54) is 29.5 Å². The molecule has 2 aromatic carbocycles. The number of benzene rings is 2. The molecule has 0 unspecified atom stereocenters. The van der Waals surface area contributed by atoms with Crippen LogP contribution in [0, 0.1) is 18.6 Å². The molecule has 10 heteroatoms. The Morgan fingerprint density at radius 3 is 2.60 bits per heavy atom. The lowest BCUT2D eigenvalue weighted by molar-refractivity contribution is 0.0729. The highest BCUT2D eigenvalue weighted by molar-refractivity contribution is 7.89. The molecular formula is C20H18F2N2O4S2. The molecule has 1 N–H and O–H groups in total. The van der Waals surface area contributed by atoms with E-state index < -0.39 is 32.5 Å². The number of morpholine rings is 1. The maximum atomic E-state index is 14.3. The van der Waals surface area contributed by atoms with Crippen LogP contribution < -0.4 is 5.32 Å². The van der Waals surface area contributed by atoms with Gasteiger partial charge in [0.05, 0.1) is 18.1 Å². The molecule has 0 aliphatic carbocycles. The molecule has 30 heavy (non-hydrogen) atoms. The van der Waals surface area contributed by atoms with Crippen molar-refractivity contribution >= 4 is 43.0 Å². The first kappa shape index (κ1) is 20.9. The summed E-state index contributed by atoms with van der Waals surface area (Å²) in [5, 5.41) is 3.26. The summed E-state index contributed by atoms with van der Waals surface area (Å²) >= 11 is 1.20. The summed E-state index contributed by atoms with van der Waals surface area (Å²) in [6.07, 6.45) is 0. The molecule has 1 saturated heterocycles. The Kier molecular flexibility index (Phi) is 5.58. The summed E-state index contributed by atoms with van der Waals surface area (Å²) in [5.74, 6) is -1.77. The first-order valence-electron chi connectivity index (χ1n) is 9.15. The molecule has 1 amide bonds. The number of rotatable bonds is 4. The van der Waals surface area contributed by atoms with Gasteiger partial charge in [-0.2, -0.15) is 4.31 Å². The van der Waals surface area contributed by atoms with Crippen molar-refractivity contribution in [3.8, 4) is 0 Å². The summed E-state index contributed by atoms with van der Waals surface area (Å²) in [4.78, 5) is 12.6. The predicted octanol–water partition coefficient (Wildman–Crippen LogP) is 3.76. The van der Waals surface area contributed by atoms with Gasteiger partial charge in [0, 0.05) is 23.5 Å². The molecular weight excluding hydrogens is 434 g/mol. The van der Waals surface area contributed by atoms with Crippen molar-refractivity contribution in [2.75, 3.05) is 31.6 Å². The quantitative estimate of drug-likeness (QED) is 0.654. The molecule has 2 heterocycles. The van der Waals surface area contributed by atoms with Gasteiger partial charge in [-0.3, -0.25) is 4.79 Å². The van der Waals surface area contributed by atoms with Gasteiger partial charge in [-0.1, -0.05) is 0 Å². The molecule has 0 atom stereocenters. The Morgan fingerprint density at radius 2 is 1.87 bits per heavy atom. The Labute approximate surface area is 176 Å². The van der Waals surface area contributed by atoms with Gasteiger partial charge < -0.3 is 10.1 Å². The SMILES string of the molecule is Cc1c(C(=O)Nc2ccc(F)c(S(=O)(=O)N3CCOCC3)c2)sc2ccc(F)cc12. The number of thiophene rings is 1. The van der Waals surface area contributed by atoms with Crippen LogP contribution in [0.4, 0.5) is 14.5 Å². The van der Waals surface area contributed by atoms with Gasteiger partial charge in [0.15, 0.2) is 0 Å². The summed E-state index contributed by atoms with van der Waals surface area (Å²) < 4.78 is 60.5. The van der Waals surface area contributed by atoms with Crippen molar-refractivity contribution in [1.82, 2.24) is 4.31 Å². The zero-order valence-corrected chi connectivity index (χ0v) is 17.6. The molecule has 0 radical (unpaired) electrons. The van der Waals surface area contributed by atoms with Crippen LogP contribution in [0.15, 0.2) is 41.3 Å². The Morgan fingerprint density at radius 1 is 1.13 bits per heavy atom. The van der Waals surface area contributed by atoms with E-state index in [1.807, 2.05) is 0 Å². The fourth-order valence-corrected chi connectivity index (χ4v) is 5.89. The molecule has 0 bridgehead atoms. The van der Waals surface area contributed by atoms with Crippen molar-refractivity contribution in [2.45, 2.75) is 11.8 Å². The van der Waals surface area contributed by atoms with Crippen LogP contribution in [0.5, 0.6) is 0 Å². The zero-order valence-electron chi connectivity index (χ0n) is 15.9. The number of carbonyl (C=O) groups is 1. The van der Waals surface area contributed by atoms with Gasteiger partial charge in [0.1, 0.15) is 16.5 Å². The average molecular weight is 453 g/mol. The van der Waals surface area contributed by atoms with Crippen molar-refractivity contribution in [1.29, 1.82) is 0 Å². The molecule has 1 aromatic heterocycles. The third-order valence-corrected chi connectivity index (χ3v) is 8.07. The van der Waals surface area contributed by atoms with Gasteiger partial charge in [0.25, 0.3) is 5.91 Å². The Bertz CT molecular complexity index is 1240. The van der Waals surface area contributed by atoms with E-state index in [-0.39, 0.29) is 32.0 Å². The van der Waals surface area contributed by atoms with E-state index in [2.05, 4.69) is 5.32 Å². The van der Waals surface area contributed by atoms with Gasteiger partial charge in [-0.05, 0) is 54.3 Å². The number of anilines is 1. The van der Waals surface area contributed by atoms with E-state index in [1.54, 1.807) is 13.0 Å². The second-order valence-electron chi connectivity index (χ2n) is 6.81. The van der Waals surface area contributed by atoms with E-state index in [0.29, 0.717) is 15.8 Å². The minimum Gasteiger partial charge on any atom is -0.379 e. The second kappa shape index (κ2) is 8.03. The normalized spacial score (nSPS) is 15.4. The van der Waals surface area contributed by atoms with Crippen molar-refractivity contribution in [2.24, 2.45) is 0 Å². The number of nitrogens with one attached hydrogen (secondary N) is 1. The van der Waals surface area contributed by atoms with Crippen LogP contribution in [-0.2, 0) is 14.8 Å². The molecule has 3 aromatic rings. The van der Waals surface area contributed by atoms with Crippen LogP contribution in [0.25, 0.3) is 10.1 Å². The highest BCUT2D eigenvalue weighted by Crippen LogP contribution is 2.32. The van der Waals surface area contributed by atoms with Crippen LogP contribution in [0.3, 0.4) is 0 Å². The molecule has 158 valence electrons. The average Bonchev–Trinajstić information content (AvgIpc) is 3.06. The number of halogens is 2. The zero-order chi connectivity index (χ0) is 21.5. The van der Waals surface area contributed by atoms with Crippen molar-refractivity contribution in [3.63, 3.8) is 0 Å². The largest absolute Gasteiger partial charge is 0.379 e. The first-order chi connectivity index (χ1) is 14.3. The second-order valence-corrected chi connectivity index (χ2v) is 9.77. The minimum atomic E-state index is -4.06. The number of hydrogen-bond acceptors (Lipinski definition) is 5. The summed E-state index contributed by atoms with van der Waals surface area (Å²) in [6, 6.07) is 7.71. The van der Waals surface area contributed by atoms with Gasteiger partial charge in [-0.25, -0.2) is 17.2 Å². The number of aryl methyl sites for hydroxylation is 1. The summed E-state index contributed by atoms with van der Waals surface area (Å²) in [5.41, 5.74) is 0.770. The van der Waals surface area contributed by atoms with Crippen LogP contribution in [-0.4, -0.2) is 44.9 Å². The third-order valence-electron chi connectivity index (χ3n) is 4.88. The lowest BCUT2D eigenvalue weighted by atomic mass is 10.1. The van der Waals surface area contributed by atoms with Crippen LogP contribution in [0.2, 0.25) is 0 Å². The van der Waals surface area contributed by atoms with E-state index >= 15 is 0 Å². The summed E-state index contributed by atoms with van der Waals surface area (Å²) in [7, 11) is -4.06. The lowest BCUT2D eigenvalue weighted by Gasteiger charge is -2.26. The molecule has 1 fully saturated rings. The van der Waals surface area contributed by atoms with Gasteiger partial charge in [-0.15, -0.1) is 11.3 Å². The summed E-state index contributed by atoms with van der Waals surface area (Å²) in [6.45, 7) is 2.46. The number of hydrogen-bond donors (Lipinski definition) is 1. The number of fused-ring (bicyclic) bond motifs is 1. The minimum absolute atomic E-state index is 0.135. The van der Waals surface area contributed by atoms with E-state index in [4.69, 9.17) is 4.74 Å². The smallest absolute Gasteiger partial charge is 0.266 e. The molecule has 0 spiro atoms. The lowest BCUT2D eigenvalue weighted by Crippen LogP contribution is -2.40. The molecule has 0 saturated carbocycles. The fraction of sp³-hybridized carbons (Fsp3) is 0.250. The van der Waals surface area contributed by atoms with Crippen molar-refractivity contribution in [3.05, 3.63) is 58.5 Å². The molecule has 1 aliphatic heterocycles. The van der Waals surface area contributed by atoms with E-state index in [9.17, 15) is 22.0 Å². The monoisotopic (exact) mass is 452 g/mol. The highest BCUT2D eigenvalue weighted by Gasteiger charge is 2.29. The molecule has 1 aliphatic rings. The number of nitrogens with zero attached hydrogens (tertiary/aromatic N) is 1. The van der Waals surface area contributed by atoms with E-state index in [0.717, 1.165) is 21.1 Å². The molecule has 6 nitrogen and oxygen atoms in total. The number of carbonyl (C=O) groups excluding carboxylic acids is 1. The van der Waals surface area contributed by atoms with Gasteiger partial charge >= 0.3 is 0 Å². The van der Waals surface area contributed by atoms with Crippen molar-refractivity contribution < 1.29 is 26.7 Å². The number of amides is 1. The maximum Gasteiger partial charge on any atom is 0.266 e. The maximum absolute atomic E-state index is 14.3. The Balaban J connectivity index is 1.63. The number of sulfonamides is 1.